The number of hydrogen-bond donors (Lipinski definition) is 4. The summed E-state index contributed by atoms with van der Waals surface area (Å²) in [7, 11) is 0. The van der Waals surface area contributed by atoms with Gasteiger partial charge < -0.3 is 15.8 Å². The lowest BCUT2D eigenvalue weighted by molar-refractivity contribution is 0.0690. The molecule has 0 atom stereocenters. The molecular weight excluding hydrogens is 442 g/mol. The molecule has 0 aliphatic heterocycles. The first-order valence-corrected chi connectivity index (χ1v) is 11.1. The molecule has 0 saturated heterocycles. The molecule has 4 aromatic rings. The van der Waals surface area contributed by atoms with Crippen molar-refractivity contribution in [3.8, 4) is 0 Å². The third-order valence-corrected chi connectivity index (χ3v) is 5.90. The number of fused-ring (bicyclic) bond motifs is 1. The van der Waals surface area contributed by atoms with Crippen molar-refractivity contribution in [2.45, 2.75) is 19.3 Å². The molecule has 0 spiro atoms. The molecule has 9 nitrogen and oxygen atoms in total. The fourth-order valence-electron chi connectivity index (χ4n) is 3.52. The number of nitrogens with one attached hydrogen (secondary N) is 2. The summed E-state index contributed by atoms with van der Waals surface area (Å²) >= 11 is 1.16. The minimum Gasteiger partial charge on any atom is -0.477 e. The Balaban J connectivity index is 1.52. The Bertz CT molecular complexity index is 1330. The van der Waals surface area contributed by atoms with Crippen LogP contribution in [0.3, 0.4) is 0 Å². The Hall–Kier alpha value is -3.89. The fraction of sp³-hybridized carbons (Fsp3) is 0.174. The lowest BCUT2D eigenvalue weighted by atomic mass is 10.0. The van der Waals surface area contributed by atoms with Crippen molar-refractivity contribution in [2.75, 3.05) is 11.9 Å². The monoisotopic (exact) mass is 463 g/mol. The number of H-pyrrole nitrogens is 1. The quantitative estimate of drug-likeness (QED) is 0.278. The summed E-state index contributed by atoms with van der Waals surface area (Å²) in [5, 5.41) is 14.8. The largest absolute Gasteiger partial charge is 0.477 e. The number of aromatic carboxylic acids is 1. The Morgan fingerprint density at radius 1 is 1.15 bits per heavy atom. The highest BCUT2D eigenvalue weighted by atomic mass is 32.1. The van der Waals surface area contributed by atoms with Crippen LogP contribution >= 0.6 is 11.3 Å². The van der Waals surface area contributed by atoms with Crippen LogP contribution < -0.4 is 11.1 Å². The number of hydrogen-bond acceptors (Lipinski definition) is 7. The molecule has 10 heteroatoms. The Labute approximate surface area is 192 Å². The van der Waals surface area contributed by atoms with Crippen molar-refractivity contribution in [1.82, 2.24) is 15.0 Å². The molecular formula is C23H21N5O4S. The van der Waals surface area contributed by atoms with Crippen LogP contribution in [0.15, 0.2) is 48.1 Å². The van der Waals surface area contributed by atoms with Gasteiger partial charge in [-0.25, -0.2) is 9.78 Å². The highest BCUT2D eigenvalue weighted by Crippen LogP contribution is 2.26. The van der Waals surface area contributed by atoms with Gasteiger partial charge in [-0.2, -0.15) is 0 Å². The van der Waals surface area contributed by atoms with Crippen LogP contribution in [0.25, 0.3) is 10.9 Å². The molecule has 0 fully saturated rings. The third kappa shape index (κ3) is 4.97. The van der Waals surface area contributed by atoms with E-state index in [1.807, 2.05) is 0 Å². The second-order valence-electron chi connectivity index (χ2n) is 7.38. The number of carbonyl (C=O) groups excluding carboxylic acids is 2. The van der Waals surface area contributed by atoms with Gasteiger partial charge in [-0.3, -0.25) is 19.9 Å². The van der Waals surface area contributed by atoms with E-state index in [1.54, 1.807) is 48.1 Å². The van der Waals surface area contributed by atoms with E-state index >= 15 is 0 Å². The number of Topliss-reactive ketones (excluding diaryl/α,β-unsaturated/α-hetero) is 1. The van der Waals surface area contributed by atoms with Gasteiger partial charge in [-0.05, 0) is 60.8 Å². The van der Waals surface area contributed by atoms with Gasteiger partial charge in [0.2, 0.25) is 0 Å². The zero-order valence-corrected chi connectivity index (χ0v) is 18.3. The number of nitrogens with zero attached hydrogens (tertiary/aromatic N) is 2. The van der Waals surface area contributed by atoms with Crippen LogP contribution in [0, 0.1) is 0 Å². The average molecular weight is 464 g/mol. The highest BCUT2D eigenvalue weighted by Gasteiger charge is 2.19. The first-order chi connectivity index (χ1) is 16.0. The Morgan fingerprint density at radius 3 is 2.67 bits per heavy atom. The molecule has 0 aliphatic rings. The van der Waals surface area contributed by atoms with Crippen molar-refractivity contribution >= 4 is 45.0 Å². The summed E-state index contributed by atoms with van der Waals surface area (Å²) < 4.78 is 0. The van der Waals surface area contributed by atoms with Gasteiger partial charge >= 0.3 is 5.97 Å². The van der Waals surface area contributed by atoms with Crippen LogP contribution in [0.4, 0.5) is 5.13 Å². The Morgan fingerprint density at radius 2 is 1.94 bits per heavy atom. The van der Waals surface area contributed by atoms with Gasteiger partial charge in [-0.1, -0.05) is 0 Å². The molecule has 0 saturated carbocycles. The molecule has 3 aromatic heterocycles. The number of ketones is 1. The molecule has 1 amide bonds. The summed E-state index contributed by atoms with van der Waals surface area (Å²) in [6, 6.07) is 8.47. The van der Waals surface area contributed by atoms with Crippen LogP contribution in [0.5, 0.6) is 0 Å². The summed E-state index contributed by atoms with van der Waals surface area (Å²) in [5.41, 5.74) is 8.42. The van der Waals surface area contributed by atoms with Crippen LogP contribution in [0.2, 0.25) is 0 Å². The number of carboxylic acids is 1. The zero-order valence-electron chi connectivity index (χ0n) is 17.5. The number of pyridine rings is 1. The number of aromatic nitrogens is 3. The average Bonchev–Trinajstić information content (AvgIpc) is 3.42. The van der Waals surface area contributed by atoms with E-state index in [-0.39, 0.29) is 23.6 Å². The SMILES string of the molecule is NCCCc1c(C(=O)O)[nH]c2ccc(C(=O)Nc3nc(C(=O)Cc4ccncc4)cs3)cc12. The number of amides is 1. The lowest BCUT2D eigenvalue weighted by Crippen LogP contribution is -2.12. The van der Waals surface area contributed by atoms with Crippen LogP contribution in [-0.4, -0.2) is 44.3 Å². The van der Waals surface area contributed by atoms with E-state index in [1.165, 1.54) is 0 Å². The molecule has 3 heterocycles. The zero-order chi connectivity index (χ0) is 23.4. The summed E-state index contributed by atoms with van der Waals surface area (Å²) in [4.78, 5) is 48.0. The maximum absolute atomic E-state index is 12.8. The molecule has 0 bridgehead atoms. The van der Waals surface area contributed by atoms with Crippen LogP contribution in [-0.2, 0) is 12.8 Å². The molecule has 168 valence electrons. The van der Waals surface area contributed by atoms with E-state index < -0.39 is 11.9 Å². The molecule has 33 heavy (non-hydrogen) atoms. The van der Waals surface area contributed by atoms with Crippen molar-refractivity contribution in [3.05, 3.63) is 76.2 Å². The van der Waals surface area contributed by atoms with Gasteiger partial charge in [-0.15, -0.1) is 11.3 Å². The van der Waals surface area contributed by atoms with E-state index in [0.717, 1.165) is 16.9 Å². The first-order valence-electron chi connectivity index (χ1n) is 10.2. The number of nitrogens with two attached hydrogens (primary N) is 1. The number of anilines is 1. The van der Waals surface area contributed by atoms with Gasteiger partial charge in [0.1, 0.15) is 11.4 Å². The van der Waals surface area contributed by atoms with E-state index in [9.17, 15) is 19.5 Å². The van der Waals surface area contributed by atoms with E-state index in [2.05, 4.69) is 20.3 Å². The van der Waals surface area contributed by atoms with Crippen molar-refractivity contribution in [3.63, 3.8) is 0 Å². The van der Waals surface area contributed by atoms with E-state index in [0.29, 0.717) is 46.5 Å². The number of carbonyl (C=O) groups is 3. The predicted octanol–water partition coefficient (Wildman–Crippen LogP) is 3.29. The topological polar surface area (TPSA) is 151 Å². The van der Waals surface area contributed by atoms with Gasteiger partial charge in [0.05, 0.1) is 0 Å². The smallest absolute Gasteiger partial charge is 0.352 e. The molecule has 4 rings (SSSR count). The molecule has 1 aromatic carbocycles. The number of carboxylic acid groups (broad SMARTS) is 1. The first kappa shape index (κ1) is 22.3. The predicted molar refractivity (Wildman–Crippen MR) is 125 cm³/mol. The second kappa shape index (κ2) is 9.72. The van der Waals surface area contributed by atoms with Crippen molar-refractivity contribution < 1.29 is 19.5 Å². The Kier molecular flexibility index (Phi) is 6.57. The number of benzene rings is 1. The maximum atomic E-state index is 12.8. The fourth-order valence-corrected chi connectivity index (χ4v) is 4.23. The normalized spacial score (nSPS) is 10.9. The van der Waals surface area contributed by atoms with E-state index in [4.69, 9.17) is 5.73 Å². The lowest BCUT2D eigenvalue weighted by Gasteiger charge is -2.04. The maximum Gasteiger partial charge on any atom is 0.352 e. The van der Waals surface area contributed by atoms with Crippen molar-refractivity contribution in [2.24, 2.45) is 5.73 Å². The summed E-state index contributed by atoms with van der Waals surface area (Å²) in [5.74, 6) is -1.62. The van der Waals surface area contributed by atoms with Gasteiger partial charge in [0, 0.05) is 40.7 Å². The summed E-state index contributed by atoms with van der Waals surface area (Å²) in [6.45, 7) is 0.429. The molecule has 0 aliphatic carbocycles. The second-order valence-corrected chi connectivity index (χ2v) is 8.24. The van der Waals surface area contributed by atoms with Gasteiger partial charge in [0.25, 0.3) is 5.91 Å². The number of aryl methyl sites for hydroxylation is 1. The minimum absolute atomic E-state index is 0.105. The number of aromatic amines is 1. The van der Waals surface area contributed by atoms with Crippen LogP contribution in [0.1, 0.15) is 48.9 Å². The highest BCUT2D eigenvalue weighted by molar-refractivity contribution is 7.14. The number of thiazole rings is 1. The number of rotatable bonds is 9. The van der Waals surface area contributed by atoms with Gasteiger partial charge in [0.15, 0.2) is 10.9 Å². The molecule has 0 radical (unpaired) electrons. The summed E-state index contributed by atoms with van der Waals surface area (Å²) in [6.07, 6.45) is 4.55. The molecule has 5 N–H and O–H groups in total. The molecule has 0 unspecified atom stereocenters. The van der Waals surface area contributed by atoms with Crippen molar-refractivity contribution in [1.29, 1.82) is 0 Å². The standard InChI is InChI=1S/C23H21N5O4S/c24-7-1-2-15-16-11-14(3-4-17(16)26-20(15)22(31)32)21(30)28-23-27-18(12-33-23)19(29)10-13-5-8-25-9-6-13/h3-6,8-9,11-12,26H,1-2,7,10,24H2,(H,31,32)(H,27,28,30). The minimum atomic E-state index is -1.06. The third-order valence-electron chi connectivity index (χ3n) is 5.14.